The number of hydrogen-bond acceptors (Lipinski definition) is 4. The zero-order chi connectivity index (χ0) is 16.5. The third-order valence-electron chi connectivity index (χ3n) is 3.13. The van der Waals surface area contributed by atoms with Crippen molar-refractivity contribution in [1.29, 1.82) is 0 Å². The molecule has 0 atom stereocenters. The smallest absolute Gasteiger partial charge is 0.166 e. The van der Waals surface area contributed by atoms with E-state index in [0.717, 1.165) is 23.7 Å². The van der Waals surface area contributed by atoms with Gasteiger partial charge in [0.1, 0.15) is 5.82 Å². The van der Waals surface area contributed by atoms with Crippen LogP contribution in [0.5, 0.6) is 0 Å². The molecule has 122 valence electrons. The van der Waals surface area contributed by atoms with Crippen molar-refractivity contribution in [3.8, 4) is 0 Å². The van der Waals surface area contributed by atoms with Gasteiger partial charge in [-0.3, -0.25) is 0 Å². The molecule has 1 heterocycles. The van der Waals surface area contributed by atoms with E-state index in [1.807, 2.05) is 42.9 Å². The number of anilines is 1. The minimum absolute atomic E-state index is 0.666. The van der Waals surface area contributed by atoms with E-state index in [1.165, 1.54) is 4.90 Å². The summed E-state index contributed by atoms with van der Waals surface area (Å²) < 4.78 is 0. The Labute approximate surface area is 147 Å². The van der Waals surface area contributed by atoms with Crippen molar-refractivity contribution < 1.29 is 0 Å². The van der Waals surface area contributed by atoms with E-state index in [0.29, 0.717) is 11.7 Å². The zero-order valence-corrected chi connectivity index (χ0v) is 15.1. The summed E-state index contributed by atoms with van der Waals surface area (Å²) in [6, 6.07) is 14.4. The average Bonchev–Trinajstić information content (AvgIpc) is 2.58. The van der Waals surface area contributed by atoms with Crippen LogP contribution in [0.1, 0.15) is 5.56 Å². The van der Waals surface area contributed by atoms with E-state index in [9.17, 15) is 0 Å². The van der Waals surface area contributed by atoms with Crippen molar-refractivity contribution in [3.63, 3.8) is 0 Å². The molecule has 0 saturated carbocycles. The van der Waals surface area contributed by atoms with Gasteiger partial charge in [-0.25, -0.2) is 4.98 Å². The Balaban J connectivity index is 1.69. The minimum atomic E-state index is 0.666. The molecule has 1 aromatic heterocycles. The lowest BCUT2D eigenvalue weighted by atomic mass is 10.2. The molecule has 0 bridgehead atoms. The fraction of sp³-hybridized carbons (Fsp3) is 0.294. The maximum atomic E-state index is 5.33. The molecule has 0 saturated heterocycles. The monoisotopic (exact) mass is 346 g/mol. The summed E-state index contributed by atoms with van der Waals surface area (Å²) in [6.45, 7) is 1.50. The Morgan fingerprint density at radius 2 is 1.91 bits per heavy atom. The molecule has 6 heteroatoms. The van der Waals surface area contributed by atoms with Crippen LogP contribution in [0.4, 0.5) is 5.82 Å². The second kappa shape index (κ2) is 9.37. The van der Waals surface area contributed by atoms with Crippen LogP contribution in [0.2, 0.25) is 0 Å². The Bertz CT molecular complexity index is 617. The van der Waals surface area contributed by atoms with E-state index in [-0.39, 0.29) is 0 Å². The molecule has 23 heavy (non-hydrogen) atoms. The van der Waals surface area contributed by atoms with Crippen LogP contribution in [0.25, 0.3) is 0 Å². The highest BCUT2D eigenvalue weighted by Crippen LogP contribution is 2.16. The third kappa shape index (κ3) is 6.08. The summed E-state index contributed by atoms with van der Waals surface area (Å²) in [5.41, 5.74) is 1.13. The number of pyridine rings is 1. The maximum absolute atomic E-state index is 5.33. The van der Waals surface area contributed by atoms with Gasteiger partial charge < -0.3 is 15.5 Å². The molecule has 0 spiro atoms. The van der Waals surface area contributed by atoms with Crippen molar-refractivity contribution in [2.45, 2.75) is 11.4 Å². The Morgan fingerprint density at radius 1 is 1.13 bits per heavy atom. The molecule has 0 unspecified atom stereocenters. The van der Waals surface area contributed by atoms with Gasteiger partial charge in [0.05, 0.1) is 0 Å². The van der Waals surface area contributed by atoms with Gasteiger partial charge in [0.25, 0.3) is 0 Å². The number of benzene rings is 1. The first kappa shape index (κ1) is 17.6. The number of thioether (sulfide) groups is 1. The number of hydrogen-bond donors (Lipinski definition) is 2. The van der Waals surface area contributed by atoms with Crippen molar-refractivity contribution in [2.75, 3.05) is 31.3 Å². The van der Waals surface area contributed by atoms with Gasteiger partial charge in [-0.1, -0.05) is 24.3 Å². The van der Waals surface area contributed by atoms with E-state index in [1.54, 1.807) is 6.20 Å². The van der Waals surface area contributed by atoms with Crippen LogP contribution in [-0.2, 0) is 6.54 Å². The molecular weight excluding hydrogens is 324 g/mol. The lowest BCUT2D eigenvalue weighted by Gasteiger charge is -2.17. The van der Waals surface area contributed by atoms with Gasteiger partial charge in [-0.15, -0.1) is 11.8 Å². The molecule has 0 aliphatic rings. The van der Waals surface area contributed by atoms with Crippen LogP contribution in [0.15, 0.2) is 53.6 Å². The number of nitrogens with one attached hydrogen (secondary N) is 2. The minimum Gasteiger partial charge on any atom is -0.362 e. The van der Waals surface area contributed by atoms with E-state index >= 15 is 0 Å². The van der Waals surface area contributed by atoms with E-state index < -0.39 is 0 Å². The SMILES string of the molecule is CN(C)c1ncccc1CNC(=S)NCCSc1ccccc1. The molecule has 0 amide bonds. The second-order valence-electron chi connectivity index (χ2n) is 5.15. The molecule has 1 aromatic carbocycles. The Hall–Kier alpha value is -1.79. The normalized spacial score (nSPS) is 10.2. The highest BCUT2D eigenvalue weighted by atomic mass is 32.2. The van der Waals surface area contributed by atoms with Gasteiger partial charge in [-0.2, -0.15) is 0 Å². The first-order valence-corrected chi connectivity index (χ1v) is 8.87. The number of aromatic nitrogens is 1. The number of nitrogens with zero attached hydrogens (tertiary/aromatic N) is 2. The fourth-order valence-electron chi connectivity index (χ4n) is 2.06. The summed E-state index contributed by atoms with van der Waals surface area (Å²) >= 11 is 7.14. The van der Waals surface area contributed by atoms with Gasteiger partial charge in [0.15, 0.2) is 5.11 Å². The molecule has 4 nitrogen and oxygen atoms in total. The summed E-state index contributed by atoms with van der Waals surface area (Å²) in [6.07, 6.45) is 1.80. The Kier molecular flexibility index (Phi) is 7.16. The summed E-state index contributed by atoms with van der Waals surface area (Å²) in [5.74, 6) is 1.93. The Morgan fingerprint density at radius 3 is 2.65 bits per heavy atom. The van der Waals surface area contributed by atoms with E-state index in [2.05, 4.69) is 45.9 Å². The topological polar surface area (TPSA) is 40.2 Å². The molecule has 2 aromatic rings. The molecule has 2 N–H and O–H groups in total. The standard InChI is InChI=1S/C17H22N4S2/c1-21(2)16-14(7-6-10-18-16)13-20-17(22)19-11-12-23-15-8-4-3-5-9-15/h3-10H,11-13H2,1-2H3,(H2,19,20,22). The largest absolute Gasteiger partial charge is 0.362 e. The molecule has 0 radical (unpaired) electrons. The van der Waals surface area contributed by atoms with Crippen molar-refractivity contribution in [2.24, 2.45) is 0 Å². The summed E-state index contributed by atoms with van der Waals surface area (Å²) in [4.78, 5) is 7.67. The zero-order valence-electron chi connectivity index (χ0n) is 13.5. The highest BCUT2D eigenvalue weighted by molar-refractivity contribution is 7.99. The molecule has 0 aliphatic carbocycles. The first-order chi connectivity index (χ1) is 11.2. The van der Waals surface area contributed by atoms with Crippen LogP contribution in [0, 0.1) is 0 Å². The maximum Gasteiger partial charge on any atom is 0.166 e. The van der Waals surface area contributed by atoms with Crippen molar-refractivity contribution in [1.82, 2.24) is 15.6 Å². The predicted octanol–water partition coefficient (Wildman–Crippen LogP) is 2.90. The fourth-order valence-corrected chi connectivity index (χ4v) is 3.02. The van der Waals surface area contributed by atoms with Gasteiger partial charge in [0, 0.05) is 49.6 Å². The quantitative estimate of drug-likeness (QED) is 0.456. The number of rotatable bonds is 7. The van der Waals surface area contributed by atoms with Gasteiger partial charge in [0.2, 0.25) is 0 Å². The van der Waals surface area contributed by atoms with Crippen molar-refractivity contribution >= 4 is 34.9 Å². The number of thiocarbonyl (C=S) groups is 1. The second-order valence-corrected chi connectivity index (χ2v) is 6.73. The summed E-state index contributed by atoms with van der Waals surface area (Å²) in [7, 11) is 3.98. The van der Waals surface area contributed by atoms with Crippen LogP contribution < -0.4 is 15.5 Å². The van der Waals surface area contributed by atoms with Crippen molar-refractivity contribution in [3.05, 3.63) is 54.2 Å². The molecule has 2 rings (SSSR count). The predicted molar refractivity (Wildman–Crippen MR) is 103 cm³/mol. The lowest BCUT2D eigenvalue weighted by Crippen LogP contribution is -2.36. The molecular formula is C17H22N4S2. The highest BCUT2D eigenvalue weighted by Gasteiger charge is 2.05. The van der Waals surface area contributed by atoms with Crippen LogP contribution >= 0.6 is 24.0 Å². The lowest BCUT2D eigenvalue weighted by molar-refractivity contribution is 0.848. The first-order valence-electron chi connectivity index (χ1n) is 7.47. The van der Waals surface area contributed by atoms with Crippen LogP contribution in [-0.4, -0.2) is 36.5 Å². The summed E-state index contributed by atoms with van der Waals surface area (Å²) in [5, 5.41) is 7.15. The van der Waals surface area contributed by atoms with Crippen LogP contribution in [0.3, 0.4) is 0 Å². The molecule has 0 aliphatic heterocycles. The van der Waals surface area contributed by atoms with Gasteiger partial charge in [-0.05, 0) is 30.4 Å². The van der Waals surface area contributed by atoms with E-state index in [4.69, 9.17) is 12.2 Å². The molecule has 0 fully saturated rings. The van der Waals surface area contributed by atoms with Gasteiger partial charge >= 0.3 is 0 Å². The average molecular weight is 347 g/mol. The third-order valence-corrected chi connectivity index (χ3v) is 4.43.